The van der Waals surface area contributed by atoms with Gasteiger partial charge in [-0.05, 0) is 25.0 Å². The van der Waals surface area contributed by atoms with Crippen molar-refractivity contribution in [3.63, 3.8) is 0 Å². The topological polar surface area (TPSA) is 103 Å². The van der Waals surface area contributed by atoms with Gasteiger partial charge in [-0.3, -0.25) is 0 Å². The van der Waals surface area contributed by atoms with Crippen molar-refractivity contribution in [3.05, 3.63) is 24.0 Å². The molecule has 0 unspecified atom stereocenters. The van der Waals surface area contributed by atoms with Gasteiger partial charge in [-0.1, -0.05) is 0 Å². The number of hydrogen-bond acceptors (Lipinski definition) is 6. The number of sulfonamides is 1. The van der Waals surface area contributed by atoms with Gasteiger partial charge < -0.3 is 0 Å². The van der Waals surface area contributed by atoms with Gasteiger partial charge in [0.1, 0.15) is 16.7 Å². The SMILES string of the molecule is N#Cc1ccc(S(=O)(=O)N2CCC(N=C=O)CC2)cn1. The second kappa shape index (κ2) is 5.92. The standard InChI is InChI=1S/C12H12N4O3S/c13-7-11-1-2-12(8-14-11)20(18,19)16-5-3-10(4-6-16)15-9-17/h1-2,8,10H,3-6H2. The zero-order valence-corrected chi connectivity index (χ0v) is 11.4. The molecule has 104 valence electrons. The van der Waals surface area contributed by atoms with Crippen LogP contribution in [0.15, 0.2) is 28.2 Å². The van der Waals surface area contributed by atoms with Crippen LogP contribution in [-0.4, -0.2) is 42.9 Å². The van der Waals surface area contributed by atoms with E-state index in [1.807, 2.05) is 6.07 Å². The van der Waals surface area contributed by atoms with E-state index in [4.69, 9.17) is 5.26 Å². The van der Waals surface area contributed by atoms with E-state index < -0.39 is 10.0 Å². The Morgan fingerprint density at radius 3 is 2.55 bits per heavy atom. The van der Waals surface area contributed by atoms with Crippen LogP contribution in [0.1, 0.15) is 18.5 Å². The van der Waals surface area contributed by atoms with Crippen molar-refractivity contribution in [3.8, 4) is 6.07 Å². The van der Waals surface area contributed by atoms with Crippen molar-refractivity contribution in [2.45, 2.75) is 23.8 Å². The molecule has 0 aliphatic carbocycles. The molecule has 0 N–H and O–H groups in total. The molecule has 0 bridgehead atoms. The maximum absolute atomic E-state index is 12.3. The number of hydrogen-bond donors (Lipinski definition) is 0. The van der Waals surface area contributed by atoms with E-state index in [1.54, 1.807) is 0 Å². The Bertz CT molecular complexity index is 664. The predicted molar refractivity (Wildman–Crippen MR) is 68.9 cm³/mol. The van der Waals surface area contributed by atoms with E-state index in [-0.39, 0.29) is 16.6 Å². The third-order valence-corrected chi connectivity index (χ3v) is 5.03. The Kier molecular flexibility index (Phi) is 4.25. The lowest BCUT2D eigenvalue weighted by molar-refractivity contribution is 0.320. The van der Waals surface area contributed by atoms with E-state index in [2.05, 4.69) is 9.98 Å². The fourth-order valence-corrected chi connectivity index (χ4v) is 3.45. The van der Waals surface area contributed by atoms with Crippen LogP contribution < -0.4 is 0 Å². The lowest BCUT2D eigenvalue weighted by Crippen LogP contribution is -2.39. The van der Waals surface area contributed by atoms with Crippen LogP contribution >= 0.6 is 0 Å². The first kappa shape index (κ1) is 14.3. The maximum Gasteiger partial charge on any atom is 0.244 e. The Morgan fingerprint density at radius 2 is 2.05 bits per heavy atom. The molecule has 20 heavy (non-hydrogen) atoms. The third-order valence-electron chi connectivity index (χ3n) is 3.15. The number of aromatic nitrogens is 1. The van der Waals surface area contributed by atoms with Crippen molar-refractivity contribution in [2.24, 2.45) is 4.99 Å². The summed E-state index contributed by atoms with van der Waals surface area (Å²) < 4.78 is 26.0. The summed E-state index contributed by atoms with van der Waals surface area (Å²) in [5.74, 6) is 0. The second-order valence-electron chi connectivity index (χ2n) is 4.35. The monoisotopic (exact) mass is 292 g/mol. The molecule has 0 spiro atoms. The average Bonchev–Trinajstić information content (AvgIpc) is 2.48. The van der Waals surface area contributed by atoms with E-state index in [9.17, 15) is 13.2 Å². The molecule has 0 saturated carbocycles. The van der Waals surface area contributed by atoms with Crippen LogP contribution in [0.4, 0.5) is 0 Å². The van der Waals surface area contributed by atoms with Crippen LogP contribution in [0.5, 0.6) is 0 Å². The summed E-state index contributed by atoms with van der Waals surface area (Å²) in [5.41, 5.74) is 0.169. The van der Waals surface area contributed by atoms with Gasteiger partial charge in [0.15, 0.2) is 0 Å². The van der Waals surface area contributed by atoms with Gasteiger partial charge in [0.2, 0.25) is 16.1 Å². The summed E-state index contributed by atoms with van der Waals surface area (Å²) in [4.78, 5) is 17.6. The summed E-state index contributed by atoms with van der Waals surface area (Å²) >= 11 is 0. The van der Waals surface area contributed by atoms with Gasteiger partial charge in [-0.2, -0.15) is 9.57 Å². The Morgan fingerprint density at radius 1 is 1.35 bits per heavy atom. The molecule has 1 aliphatic heterocycles. The number of nitrogens with zero attached hydrogens (tertiary/aromatic N) is 4. The lowest BCUT2D eigenvalue weighted by Gasteiger charge is -2.28. The molecule has 1 aliphatic rings. The summed E-state index contributed by atoms with van der Waals surface area (Å²) in [6.07, 6.45) is 3.68. The van der Waals surface area contributed by atoms with Crippen molar-refractivity contribution in [1.29, 1.82) is 5.26 Å². The molecule has 1 fully saturated rings. The molecule has 7 nitrogen and oxygen atoms in total. The molecule has 2 heterocycles. The first-order valence-electron chi connectivity index (χ1n) is 6.01. The zero-order chi connectivity index (χ0) is 14.6. The van der Waals surface area contributed by atoms with Crippen molar-refractivity contribution in [1.82, 2.24) is 9.29 Å². The number of pyridine rings is 1. The normalized spacial score (nSPS) is 17.1. The maximum atomic E-state index is 12.3. The summed E-state index contributed by atoms with van der Waals surface area (Å²) in [5, 5.41) is 8.65. The number of piperidine rings is 1. The number of nitriles is 1. The van der Waals surface area contributed by atoms with Crippen LogP contribution in [0.25, 0.3) is 0 Å². The highest BCUT2D eigenvalue weighted by atomic mass is 32.2. The number of carbonyl (C=O) groups excluding carboxylic acids is 1. The Labute approximate surface area is 116 Å². The molecular weight excluding hydrogens is 280 g/mol. The number of isocyanates is 1. The van der Waals surface area contributed by atoms with Crippen LogP contribution in [-0.2, 0) is 14.8 Å². The fourth-order valence-electron chi connectivity index (χ4n) is 2.03. The highest BCUT2D eigenvalue weighted by Crippen LogP contribution is 2.21. The highest BCUT2D eigenvalue weighted by molar-refractivity contribution is 7.89. The minimum absolute atomic E-state index is 0.0637. The number of aliphatic imine (C=N–C) groups is 1. The minimum atomic E-state index is -3.60. The Balaban J connectivity index is 2.15. The molecule has 0 radical (unpaired) electrons. The average molecular weight is 292 g/mol. The molecule has 0 amide bonds. The van der Waals surface area contributed by atoms with E-state index >= 15 is 0 Å². The third kappa shape index (κ3) is 2.91. The van der Waals surface area contributed by atoms with Crippen LogP contribution in [0.3, 0.4) is 0 Å². The zero-order valence-electron chi connectivity index (χ0n) is 10.6. The van der Waals surface area contributed by atoms with E-state index in [0.29, 0.717) is 25.9 Å². The van der Waals surface area contributed by atoms with Crippen LogP contribution in [0, 0.1) is 11.3 Å². The molecule has 1 aromatic rings. The fraction of sp³-hybridized carbons (Fsp3) is 0.417. The predicted octanol–water partition coefficient (Wildman–Crippen LogP) is 0.442. The molecule has 0 atom stereocenters. The van der Waals surface area contributed by atoms with Crippen LogP contribution in [0.2, 0.25) is 0 Å². The van der Waals surface area contributed by atoms with Gasteiger partial charge >= 0.3 is 0 Å². The molecule has 8 heteroatoms. The van der Waals surface area contributed by atoms with Gasteiger partial charge in [0.25, 0.3) is 0 Å². The second-order valence-corrected chi connectivity index (χ2v) is 6.28. The Hall–Kier alpha value is -2.07. The highest BCUT2D eigenvalue weighted by Gasteiger charge is 2.29. The lowest BCUT2D eigenvalue weighted by atomic mass is 10.1. The number of rotatable bonds is 3. The summed E-state index contributed by atoms with van der Waals surface area (Å²) in [6.45, 7) is 0.608. The van der Waals surface area contributed by atoms with Gasteiger partial charge in [-0.15, -0.1) is 0 Å². The van der Waals surface area contributed by atoms with Gasteiger partial charge in [0, 0.05) is 19.3 Å². The summed E-state index contributed by atoms with van der Waals surface area (Å²) in [7, 11) is -3.60. The molecular formula is C12H12N4O3S. The summed E-state index contributed by atoms with van der Waals surface area (Å²) in [6, 6.07) is 4.42. The quantitative estimate of drug-likeness (QED) is 0.594. The van der Waals surface area contributed by atoms with Crippen molar-refractivity contribution >= 4 is 16.1 Å². The largest absolute Gasteiger partial charge is 0.244 e. The van der Waals surface area contributed by atoms with Gasteiger partial charge in [-0.25, -0.2) is 23.2 Å². The van der Waals surface area contributed by atoms with Crippen molar-refractivity contribution in [2.75, 3.05) is 13.1 Å². The van der Waals surface area contributed by atoms with Crippen molar-refractivity contribution < 1.29 is 13.2 Å². The minimum Gasteiger partial charge on any atom is -0.244 e. The van der Waals surface area contributed by atoms with E-state index in [0.717, 1.165) is 0 Å². The van der Waals surface area contributed by atoms with E-state index in [1.165, 1.54) is 28.7 Å². The first-order valence-corrected chi connectivity index (χ1v) is 7.45. The van der Waals surface area contributed by atoms with Gasteiger partial charge in [0.05, 0.1) is 6.04 Å². The molecule has 0 aromatic carbocycles. The molecule has 1 saturated heterocycles. The molecule has 2 rings (SSSR count). The first-order chi connectivity index (χ1) is 9.57. The molecule has 1 aromatic heterocycles. The smallest absolute Gasteiger partial charge is 0.244 e.